The van der Waals surface area contributed by atoms with Crippen molar-refractivity contribution in [2.45, 2.75) is 39.3 Å². The zero-order valence-corrected chi connectivity index (χ0v) is 13.9. The van der Waals surface area contributed by atoms with Crippen molar-refractivity contribution in [1.29, 1.82) is 0 Å². The lowest BCUT2D eigenvalue weighted by atomic mass is 10.1. The van der Waals surface area contributed by atoms with Crippen molar-refractivity contribution in [3.8, 4) is 0 Å². The van der Waals surface area contributed by atoms with Crippen LogP contribution in [-0.2, 0) is 13.1 Å². The summed E-state index contributed by atoms with van der Waals surface area (Å²) in [5, 5.41) is 15.0. The minimum absolute atomic E-state index is 0.304. The van der Waals surface area contributed by atoms with Gasteiger partial charge in [-0.2, -0.15) is 0 Å². The highest BCUT2D eigenvalue weighted by Gasteiger charge is 2.09. The molecule has 0 bridgehead atoms. The fourth-order valence-electron chi connectivity index (χ4n) is 3.32. The predicted molar refractivity (Wildman–Crippen MR) is 97.8 cm³/mol. The average Bonchev–Trinajstić information content (AvgIpc) is 2.91. The van der Waals surface area contributed by atoms with E-state index in [9.17, 15) is 0 Å². The average molecular weight is 310 g/mol. The fraction of sp³-hybridized carbons (Fsp3) is 0.400. The number of aryl methyl sites for hydroxylation is 1. The van der Waals surface area contributed by atoms with Gasteiger partial charge in [0.15, 0.2) is 0 Å². The zero-order chi connectivity index (χ0) is 16.1. The quantitative estimate of drug-likeness (QED) is 0.616. The Balaban J connectivity index is 1.78. The van der Waals surface area contributed by atoms with Crippen LogP contribution in [0.25, 0.3) is 21.8 Å². The molecule has 23 heavy (non-hydrogen) atoms. The molecule has 0 atom stereocenters. The molecule has 0 saturated carbocycles. The van der Waals surface area contributed by atoms with Crippen LogP contribution >= 0.6 is 0 Å². The molecular formula is C20H26N2O. The highest BCUT2D eigenvalue weighted by atomic mass is 16.2. The van der Waals surface area contributed by atoms with E-state index in [1.165, 1.54) is 27.4 Å². The van der Waals surface area contributed by atoms with Crippen LogP contribution in [0.2, 0.25) is 0 Å². The zero-order valence-electron chi connectivity index (χ0n) is 13.9. The number of hydrogen-bond donors (Lipinski definition) is 2. The van der Waals surface area contributed by atoms with Gasteiger partial charge in [-0.1, -0.05) is 24.3 Å². The summed E-state index contributed by atoms with van der Waals surface area (Å²) in [6, 6.07) is 15.5. The summed E-state index contributed by atoms with van der Waals surface area (Å²) in [5.74, 6) is 0. The highest BCUT2D eigenvalue weighted by Crippen LogP contribution is 2.29. The van der Waals surface area contributed by atoms with E-state index in [4.69, 9.17) is 5.11 Å². The molecular weight excluding hydrogens is 284 g/mol. The van der Waals surface area contributed by atoms with Gasteiger partial charge in [-0.25, -0.2) is 0 Å². The molecule has 1 aromatic heterocycles. The van der Waals surface area contributed by atoms with Gasteiger partial charge < -0.3 is 15.0 Å². The maximum Gasteiger partial charge on any atom is 0.0491 e. The summed E-state index contributed by atoms with van der Waals surface area (Å²) in [4.78, 5) is 0. The molecule has 122 valence electrons. The first kappa shape index (κ1) is 16.0. The SMILES string of the molecule is CCn1c2ccccc2c2cc(CNCCCCCO)ccc21. The highest BCUT2D eigenvalue weighted by molar-refractivity contribution is 6.08. The second-order valence-electron chi connectivity index (χ2n) is 6.07. The first-order valence-electron chi connectivity index (χ1n) is 8.66. The van der Waals surface area contributed by atoms with Gasteiger partial charge in [-0.3, -0.25) is 0 Å². The van der Waals surface area contributed by atoms with Crippen LogP contribution in [0.3, 0.4) is 0 Å². The molecule has 0 radical (unpaired) electrons. The lowest BCUT2D eigenvalue weighted by Gasteiger charge is -2.06. The number of aromatic nitrogens is 1. The lowest BCUT2D eigenvalue weighted by molar-refractivity contribution is 0.283. The maximum atomic E-state index is 8.79. The normalized spacial score (nSPS) is 11.6. The molecule has 0 fully saturated rings. The Labute approximate surface area is 137 Å². The molecule has 0 amide bonds. The third-order valence-corrected chi connectivity index (χ3v) is 4.49. The van der Waals surface area contributed by atoms with Crippen molar-refractivity contribution in [2.24, 2.45) is 0 Å². The number of nitrogens with one attached hydrogen (secondary N) is 1. The van der Waals surface area contributed by atoms with Gasteiger partial charge in [0.1, 0.15) is 0 Å². The summed E-state index contributed by atoms with van der Waals surface area (Å²) < 4.78 is 2.39. The van der Waals surface area contributed by atoms with Gasteiger partial charge in [0.05, 0.1) is 0 Å². The molecule has 3 heteroatoms. The molecule has 0 unspecified atom stereocenters. The molecule has 0 spiro atoms. The van der Waals surface area contributed by atoms with Gasteiger partial charge in [-0.05, 0) is 56.5 Å². The largest absolute Gasteiger partial charge is 0.396 e. The molecule has 3 rings (SSSR count). The van der Waals surface area contributed by atoms with E-state index < -0.39 is 0 Å². The Bertz CT molecular complexity index is 776. The van der Waals surface area contributed by atoms with E-state index in [2.05, 4.69) is 59.3 Å². The summed E-state index contributed by atoms with van der Waals surface area (Å²) in [5.41, 5.74) is 3.97. The number of unbranched alkanes of at least 4 members (excludes halogenated alkanes) is 2. The minimum Gasteiger partial charge on any atom is -0.396 e. The standard InChI is InChI=1S/C20H26N2O/c1-2-22-19-9-5-4-8-17(19)18-14-16(10-11-20(18)22)15-21-12-6-3-7-13-23/h4-5,8-11,14,21,23H,2-3,6-7,12-13,15H2,1H3. The molecule has 2 aromatic carbocycles. The first-order chi connectivity index (χ1) is 11.3. The van der Waals surface area contributed by atoms with Gasteiger partial charge in [0.25, 0.3) is 0 Å². The van der Waals surface area contributed by atoms with Crippen LogP contribution in [0.1, 0.15) is 31.7 Å². The van der Waals surface area contributed by atoms with Gasteiger partial charge in [-0.15, -0.1) is 0 Å². The Kier molecular flexibility index (Phi) is 5.31. The van der Waals surface area contributed by atoms with E-state index in [1.54, 1.807) is 0 Å². The third-order valence-electron chi connectivity index (χ3n) is 4.49. The second kappa shape index (κ2) is 7.62. The van der Waals surface area contributed by atoms with Crippen LogP contribution in [0.15, 0.2) is 42.5 Å². The van der Waals surface area contributed by atoms with Crippen molar-refractivity contribution >= 4 is 21.8 Å². The van der Waals surface area contributed by atoms with Crippen molar-refractivity contribution in [2.75, 3.05) is 13.2 Å². The van der Waals surface area contributed by atoms with Crippen LogP contribution in [0.5, 0.6) is 0 Å². The number of fused-ring (bicyclic) bond motifs is 3. The van der Waals surface area contributed by atoms with Gasteiger partial charge >= 0.3 is 0 Å². The summed E-state index contributed by atoms with van der Waals surface area (Å²) >= 11 is 0. The molecule has 0 aliphatic rings. The summed E-state index contributed by atoms with van der Waals surface area (Å²) in [7, 11) is 0. The number of para-hydroxylation sites is 1. The maximum absolute atomic E-state index is 8.79. The first-order valence-corrected chi connectivity index (χ1v) is 8.66. The molecule has 3 nitrogen and oxygen atoms in total. The second-order valence-corrected chi connectivity index (χ2v) is 6.07. The predicted octanol–water partition coefficient (Wildman–Crippen LogP) is 4.07. The van der Waals surface area contributed by atoms with Crippen molar-refractivity contribution < 1.29 is 5.11 Å². The van der Waals surface area contributed by atoms with Crippen molar-refractivity contribution in [3.63, 3.8) is 0 Å². The number of nitrogens with zero attached hydrogens (tertiary/aromatic N) is 1. The van der Waals surface area contributed by atoms with E-state index in [0.717, 1.165) is 38.9 Å². The molecule has 1 heterocycles. The van der Waals surface area contributed by atoms with Crippen LogP contribution in [0.4, 0.5) is 0 Å². The number of aliphatic hydroxyl groups is 1. The number of hydrogen-bond acceptors (Lipinski definition) is 2. The van der Waals surface area contributed by atoms with E-state index in [1.807, 2.05) is 0 Å². The Morgan fingerprint density at radius 2 is 1.78 bits per heavy atom. The smallest absolute Gasteiger partial charge is 0.0491 e. The fourth-order valence-corrected chi connectivity index (χ4v) is 3.32. The van der Waals surface area contributed by atoms with Crippen molar-refractivity contribution in [3.05, 3.63) is 48.0 Å². The number of rotatable bonds is 8. The number of benzene rings is 2. The molecule has 0 aliphatic heterocycles. The van der Waals surface area contributed by atoms with Crippen LogP contribution < -0.4 is 5.32 Å². The summed E-state index contributed by atoms with van der Waals surface area (Å²) in [6.07, 6.45) is 3.12. The topological polar surface area (TPSA) is 37.2 Å². The van der Waals surface area contributed by atoms with Crippen molar-refractivity contribution in [1.82, 2.24) is 9.88 Å². The van der Waals surface area contributed by atoms with E-state index >= 15 is 0 Å². The minimum atomic E-state index is 0.304. The lowest BCUT2D eigenvalue weighted by Crippen LogP contribution is -2.14. The van der Waals surface area contributed by atoms with E-state index in [0.29, 0.717) is 6.61 Å². The van der Waals surface area contributed by atoms with Crippen LogP contribution in [-0.4, -0.2) is 22.8 Å². The molecule has 3 aromatic rings. The third kappa shape index (κ3) is 3.41. The van der Waals surface area contributed by atoms with Gasteiger partial charge in [0.2, 0.25) is 0 Å². The molecule has 0 saturated heterocycles. The Hall–Kier alpha value is -1.84. The Morgan fingerprint density at radius 3 is 2.61 bits per heavy atom. The Morgan fingerprint density at radius 1 is 0.957 bits per heavy atom. The molecule has 0 aliphatic carbocycles. The number of aliphatic hydroxyl groups excluding tert-OH is 1. The van der Waals surface area contributed by atoms with Gasteiger partial charge in [0, 0.05) is 41.5 Å². The summed E-state index contributed by atoms with van der Waals surface area (Å²) in [6.45, 7) is 5.41. The van der Waals surface area contributed by atoms with E-state index in [-0.39, 0.29) is 0 Å². The van der Waals surface area contributed by atoms with Crippen LogP contribution in [0, 0.1) is 0 Å². The molecule has 2 N–H and O–H groups in total. The monoisotopic (exact) mass is 310 g/mol.